The molecule has 15 heavy (non-hydrogen) atoms. The summed E-state index contributed by atoms with van der Waals surface area (Å²) in [5.74, 6) is 0.182. The van der Waals surface area contributed by atoms with Crippen LogP contribution in [0.25, 0.3) is 0 Å². The van der Waals surface area contributed by atoms with Crippen molar-refractivity contribution in [1.29, 1.82) is 0 Å². The summed E-state index contributed by atoms with van der Waals surface area (Å²) in [7, 11) is 0. The number of rotatable bonds is 2. The zero-order chi connectivity index (χ0) is 10.5. The SMILES string of the molecule is O=C(NC1CCOCC1)C1CCCCN1. The van der Waals surface area contributed by atoms with Gasteiger partial charge in [0, 0.05) is 19.3 Å². The number of piperidine rings is 1. The van der Waals surface area contributed by atoms with E-state index in [9.17, 15) is 4.79 Å². The molecular weight excluding hydrogens is 192 g/mol. The lowest BCUT2D eigenvalue weighted by atomic mass is 10.0. The van der Waals surface area contributed by atoms with Crippen LogP contribution >= 0.6 is 0 Å². The van der Waals surface area contributed by atoms with E-state index in [1.54, 1.807) is 0 Å². The van der Waals surface area contributed by atoms with Crippen molar-refractivity contribution in [2.45, 2.75) is 44.2 Å². The molecule has 2 N–H and O–H groups in total. The number of carbonyl (C=O) groups excluding carboxylic acids is 1. The molecule has 0 spiro atoms. The predicted octanol–water partition coefficient (Wildman–Crippen LogP) is 0.424. The molecule has 0 aliphatic carbocycles. The molecule has 0 aromatic carbocycles. The van der Waals surface area contributed by atoms with Gasteiger partial charge in [0.05, 0.1) is 6.04 Å². The van der Waals surface area contributed by atoms with Crippen molar-refractivity contribution in [3.05, 3.63) is 0 Å². The summed E-state index contributed by atoms with van der Waals surface area (Å²) in [4.78, 5) is 11.9. The Morgan fingerprint density at radius 3 is 2.67 bits per heavy atom. The molecule has 0 aromatic heterocycles. The summed E-state index contributed by atoms with van der Waals surface area (Å²) >= 11 is 0. The second-order valence-electron chi connectivity index (χ2n) is 4.40. The lowest BCUT2D eigenvalue weighted by molar-refractivity contribution is -0.125. The van der Waals surface area contributed by atoms with Crippen molar-refractivity contribution in [2.75, 3.05) is 19.8 Å². The summed E-state index contributed by atoms with van der Waals surface area (Å²) < 4.78 is 5.26. The number of hydrogen-bond donors (Lipinski definition) is 2. The van der Waals surface area contributed by atoms with Crippen LogP contribution in [-0.2, 0) is 9.53 Å². The van der Waals surface area contributed by atoms with Gasteiger partial charge in [-0.15, -0.1) is 0 Å². The molecule has 2 fully saturated rings. The minimum Gasteiger partial charge on any atom is -0.381 e. The van der Waals surface area contributed by atoms with Gasteiger partial charge in [0.15, 0.2) is 0 Å². The van der Waals surface area contributed by atoms with E-state index in [-0.39, 0.29) is 11.9 Å². The zero-order valence-electron chi connectivity index (χ0n) is 9.13. The monoisotopic (exact) mass is 212 g/mol. The predicted molar refractivity (Wildman–Crippen MR) is 57.6 cm³/mol. The highest BCUT2D eigenvalue weighted by Gasteiger charge is 2.23. The molecule has 0 aromatic rings. The van der Waals surface area contributed by atoms with Crippen LogP contribution < -0.4 is 10.6 Å². The first-order valence-electron chi connectivity index (χ1n) is 5.98. The van der Waals surface area contributed by atoms with E-state index in [1.165, 1.54) is 12.8 Å². The summed E-state index contributed by atoms with van der Waals surface area (Å²) in [6, 6.07) is 0.372. The van der Waals surface area contributed by atoms with Crippen LogP contribution in [0.1, 0.15) is 32.1 Å². The number of hydrogen-bond acceptors (Lipinski definition) is 3. The van der Waals surface area contributed by atoms with E-state index in [0.717, 1.165) is 39.0 Å². The van der Waals surface area contributed by atoms with Gasteiger partial charge in [-0.2, -0.15) is 0 Å². The molecular formula is C11H20N2O2. The molecule has 1 atom stereocenters. The molecule has 0 saturated carbocycles. The third-order valence-electron chi connectivity index (χ3n) is 3.19. The smallest absolute Gasteiger partial charge is 0.237 e. The highest BCUT2D eigenvalue weighted by atomic mass is 16.5. The van der Waals surface area contributed by atoms with E-state index in [4.69, 9.17) is 4.74 Å². The highest BCUT2D eigenvalue weighted by molar-refractivity contribution is 5.82. The van der Waals surface area contributed by atoms with Crippen LogP contribution in [0.2, 0.25) is 0 Å². The number of carbonyl (C=O) groups is 1. The van der Waals surface area contributed by atoms with Gasteiger partial charge in [-0.3, -0.25) is 4.79 Å². The van der Waals surface area contributed by atoms with Crippen molar-refractivity contribution in [1.82, 2.24) is 10.6 Å². The molecule has 2 saturated heterocycles. The Labute approximate surface area is 90.8 Å². The standard InChI is InChI=1S/C11H20N2O2/c14-11(10-3-1-2-6-12-10)13-9-4-7-15-8-5-9/h9-10,12H,1-8H2,(H,13,14). The van der Waals surface area contributed by atoms with Gasteiger partial charge in [0.2, 0.25) is 5.91 Å². The molecule has 0 radical (unpaired) electrons. The minimum absolute atomic E-state index is 0.0431. The van der Waals surface area contributed by atoms with Crippen molar-refractivity contribution in [2.24, 2.45) is 0 Å². The molecule has 4 heteroatoms. The second kappa shape index (κ2) is 5.47. The van der Waals surface area contributed by atoms with E-state index in [2.05, 4.69) is 10.6 Å². The fraction of sp³-hybridized carbons (Fsp3) is 0.909. The maximum Gasteiger partial charge on any atom is 0.237 e. The molecule has 2 rings (SSSR count). The summed E-state index contributed by atoms with van der Waals surface area (Å²) in [5, 5.41) is 6.37. The Morgan fingerprint density at radius 2 is 2.00 bits per heavy atom. The molecule has 4 nitrogen and oxygen atoms in total. The van der Waals surface area contributed by atoms with Crippen LogP contribution in [0, 0.1) is 0 Å². The van der Waals surface area contributed by atoms with E-state index >= 15 is 0 Å². The van der Waals surface area contributed by atoms with E-state index in [0.29, 0.717) is 6.04 Å². The van der Waals surface area contributed by atoms with Gasteiger partial charge in [-0.25, -0.2) is 0 Å². The Hall–Kier alpha value is -0.610. The zero-order valence-corrected chi connectivity index (χ0v) is 9.13. The first-order valence-corrected chi connectivity index (χ1v) is 5.98. The average Bonchev–Trinajstić information content (AvgIpc) is 2.31. The first kappa shape index (κ1) is 10.9. The van der Waals surface area contributed by atoms with Crippen molar-refractivity contribution in [3.8, 4) is 0 Å². The van der Waals surface area contributed by atoms with Gasteiger partial charge >= 0.3 is 0 Å². The highest BCUT2D eigenvalue weighted by Crippen LogP contribution is 2.10. The van der Waals surface area contributed by atoms with Crippen molar-refractivity contribution in [3.63, 3.8) is 0 Å². The Kier molecular flexibility index (Phi) is 3.97. The summed E-state index contributed by atoms with van der Waals surface area (Å²) in [5.41, 5.74) is 0. The normalized spacial score (nSPS) is 28.7. The molecule has 2 heterocycles. The second-order valence-corrected chi connectivity index (χ2v) is 4.40. The van der Waals surface area contributed by atoms with Crippen molar-refractivity contribution >= 4 is 5.91 Å². The lowest BCUT2D eigenvalue weighted by Gasteiger charge is -2.27. The molecule has 2 aliphatic heterocycles. The van der Waals surface area contributed by atoms with Crippen LogP contribution in [0.15, 0.2) is 0 Å². The lowest BCUT2D eigenvalue weighted by Crippen LogP contribution is -2.50. The molecule has 0 bridgehead atoms. The van der Waals surface area contributed by atoms with Crippen LogP contribution in [-0.4, -0.2) is 37.7 Å². The summed E-state index contributed by atoms with van der Waals surface area (Å²) in [6.07, 6.45) is 5.26. The van der Waals surface area contributed by atoms with Gasteiger partial charge in [-0.1, -0.05) is 6.42 Å². The number of amides is 1. The fourth-order valence-electron chi connectivity index (χ4n) is 2.22. The molecule has 1 unspecified atom stereocenters. The first-order chi connectivity index (χ1) is 7.36. The minimum atomic E-state index is 0.0431. The Bertz CT molecular complexity index is 209. The third kappa shape index (κ3) is 3.18. The Morgan fingerprint density at radius 1 is 1.20 bits per heavy atom. The van der Waals surface area contributed by atoms with Gasteiger partial charge < -0.3 is 15.4 Å². The fourth-order valence-corrected chi connectivity index (χ4v) is 2.22. The maximum atomic E-state index is 11.9. The van der Waals surface area contributed by atoms with Crippen LogP contribution in [0.4, 0.5) is 0 Å². The maximum absolute atomic E-state index is 11.9. The van der Waals surface area contributed by atoms with Crippen LogP contribution in [0.3, 0.4) is 0 Å². The van der Waals surface area contributed by atoms with Gasteiger partial charge in [-0.05, 0) is 32.2 Å². The van der Waals surface area contributed by atoms with E-state index in [1.807, 2.05) is 0 Å². The van der Waals surface area contributed by atoms with Gasteiger partial charge in [0.25, 0.3) is 0 Å². The molecule has 2 aliphatic rings. The van der Waals surface area contributed by atoms with E-state index < -0.39 is 0 Å². The largest absolute Gasteiger partial charge is 0.381 e. The molecule has 86 valence electrons. The quantitative estimate of drug-likeness (QED) is 0.697. The average molecular weight is 212 g/mol. The Balaban J connectivity index is 1.74. The van der Waals surface area contributed by atoms with Crippen molar-refractivity contribution < 1.29 is 9.53 Å². The topological polar surface area (TPSA) is 50.4 Å². The van der Waals surface area contributed by atoms with Gasteiger partial charge in [0.1, 0.15) is 0 Å². The number of ether oxygens (including phenoxy) is 1. The summed E-state index contributed by atoms with van der Waals surface area (Å²) in [6.45, 7) is 2.54. The third-order valence-corrected chi connectivity index (χ3v) is 3.19. The molecule has 1 amide bonds. The van der Waals surface area contributed by atoms with Crippen LogP contribution in [0.5, 0.6) is 0 Å². The number of nitrogens with one attached hydrogen (secondary N) is 2.